The maximum absolute atomic E-state index is 13.1. The molecule has 2 unspecified atom stereocenters. The number of carbonyl (C=O) groups excluding carboxylic acids is 4. The van der Waals surface area contributed by atoms with Gasteiger partial charge in [-0.2, -0.15) is 0 Å². The number of unbranched alkanes of at least 4 members (excludes halogenated alkanes) is 13. The van der Waals surface area contributed by atoms with E-state index in [9.17, 15) is 43.2 Å². The summed E-state index contributed by atoms with van der Waals surface area (Å²) >= 11 is 0. The zero-order valence-electron chi connectivity index (χ0n) is 70.1. The van der Waals surface area contributed by atoms with Crippen LogP contribution in [-0.2, 0) is 65.4 Å². The summed E-state index contributed by atoms with van der Waals surface area (Å²) in [4.78, 5) is 73.1. The SMILES string of the molecule is CCCCC/C=C\C/C=C\C/C=C\C/C=C\C/C=C\CCC(=O)OC[C@H](COP(=O)(O)OC[C@@H](O)COP(=O)(O)OC[C@@H](COC(=O)CCC/C=C\C/C=C\C/C=C\C/C=C\CCCCC)OC(=O)CC/C=C\C/C=C\C/C=C\C/C=C\C/C=C\CCCCC)OC(=O)CC/C=C\C/C=C\C/C=C\C/C=C\C/C=C\CCCCC. The van der Waals surface area contributed by atoms with Crippen LogP contribution < -0.4 is 0 Å². The van der Waals surface area contributed by atoms with Crippen molar-refractivity contribution in [3.63, 3.8) is 0 Å². The van der Waals surface area contributed by atoms with Crippen LogP contribution in [0.4, 0.5) is 0 Å². The van der Waals surface area contributed by atoms with Crippen LogP contribution in [0.3, 0.4) is 0 Å². The first kappa shape index (κ1) is 107. The molecule has 17 nitrogen and oxygen atoms in total. The number of ether oxygens (including phenoxy) is 4. The minimum atomic E-state index is -5.04. The average molecular weight is 1620 g/mol. The fraction of sp³-hybridized carbons (Fsp3) is 0.558. The van der Waals surface area contributed by atoms with E-state index in [1.165, 1.54) is 77.0 Å². The summed E-state index contributed by atoms with van der Waals surface area (Å²) in [5.41, 5.74) is 0. The lowest BCUT2D eigenvalue weighted by Gasteiger charge is -2.21. The zero-order chi connectivity index (χ0) is 83.1. The van der Waals surface area contributed by atoms with Crippen LogP contribution in [0.2, 0.25) is 0 Å². The zero-order valence-corrected chi connectivity index (χ0v) is 71.9. The molecule has 0 aliphatic heterocycles. The molecule has 19 heteroatoms. The number of carbonyl (C=O) groups is 4. The number of aliphatic hydroxyl groups is 1. The van der Waals surface area contributed by atoms with Crippen LogP contribution in [0, 0.1) is 0 Å². The van der Waals surface area contributed by atoms with E-state index in [4.69, 9.17) is 37.0 Å². The number of allylic oxidation sites excluding steroid dienone is 38. The first-order chi connectivity index (χ1) is 55.7. The van der Waals surface area contributed by atoms with Crippen LogP contribution in [0.25, 0.3) is 0 Å². The second kappa shape index (κ2) is 84.0. The summed E-state index contributed by atoms with van der Waals surface area (Å²) in [6.07, 6.45) is 109. The maximum atomic E-state index is 13.1. The highest BCUT2D eigenvalue weighted by molar-refractivity contribution is 7.47. The first-order valence-electron chi connectivity index (χ1n) is 42.6. The van der Waals surface area contributed by atoms with E-state index in [1.807, 2.05) is 66.8 Å². The minimum Gasteiger partial charge on any atom is -0.462 e. The Hall–Kier alpha value is -6.88. The molecule has 0 rings (SSSR count). The van der Waals surface area contributed by atoms with Crippen molar-refractivity contribution >= 4 is 39.5 Å². The average Bonchev–Trinajstić information content (AvgIpc) is 0.899. The predicted molar refractivity (Wildman–Crippen MR) is 472 cm³/mol. The molecule has 0 fully saturated rings. The summed E-state index contributed by atoms with van der Waals surface area (Å²) in [5, 5.41) is 10.7. The van der Waals surface area contributed by atoms with Crippen molar-refractivity contribution in [1.29, 1.82) is 0 Å². The van der Waals surface area contributed by atoms with Gasteiger partial charge in [-0.15, -0.1) is 0 Å². The second-order valence-electron chi connectivity index (χ2n) is 27.3. The fourth-order valence-corrected chi connectivity index (χ4v) is 11.7. The Morgan fingerprint density at radius 1 is 0.246 bits per heavy atom. The van der Waals surface area contributed by atoms with Gasteiger partial charge in [0.2, 0.25) is 0 Å². The summed E-state index contributed by atoms with van der Waals surface area (Å²) in [6, 6.07) is 0. The van der Waals surface area contributed by atoms with Crippen molar-refractivity contribution in [2.45, 2.75) is 303 Å². The highest BCUT2D eigenvalue weighted by atomic mass is 31.2. The van der Waals surface area contributed by atoms with Crippen LogP contribution in [0.1, 0.15) is 285 Å². The smallest absolute Gasteiger partial charge is 0.462 e. The summed E-state index contributed by atoms with van der Waals surface area (Å²) in [7, 11) is -10.1. The van der Waals surface area contributed by atoms with Gasteiger partial charge < -0.3 is 33.8 Å². The lowest BCUT2D eigenvalue weighted by molar-refractivity contribution is -0.161. The lowest BCUT2D eigenvalue weighted by atomic mass is 10.2. The molecule has 0 aliphatic rings. The Balaban J connectivity index is 5.67. The Morgan fingerprint density at radius 3 is 0.675 bits per heavy atom. The summed E-state index contributed by atoms with van der Waals surface area (Å²) in [5.74, 6) is -2.56. The summed E-state index contributed by atoms with van der Waals surface area (Å²) < 4.78 is 68.4. The van der Waals surface area contributed by atoms with Crippen LogP contribution in [0.15, 0.2) is 231 Å². The van der Waals surface area contributed by atoms with Gasteiger partial charge >= 0.3 is 39.5 Å². The molecule has 0 saturated heterocycles. The number of phosphoric acid groups is 2. The third-order valence-electron chi connectivity index (χ3n) is 16.6. The standard InChI is InChI=1S/C95H148O17P2/c1-5-9-13-17-21-25-29-33-37-41-44-48-52-56-60-64-68-72-76-80-93(98)106-86-91(112-95(100)82-78-74-70-66-62-58-54-50-46-43-39-35-31-27-23-19-15-11-7-3)88-110-114(103,104)108-84-89(96)83-107-113(101,102)109-87-90(85-105-92(97)79-75-71-67-63-59-55-51-47-40-36-32-28-24-20-16-12-8-4)111-94(99)81-77-73-69-65-61-57-53-49-45-42-38-34-30-26-22-18-14-10-6-2/h21-28,33-40,44-46,48-51,55-58,60-63,67-70,72-74,89-91,96H,5-20,29-32,41-43,47,52-54,59,64-66,71,75-88H2,1-4H3,(H,101,102)(H,103,104)/b25-21-,26-22-,27-23-,28-24-,37-33-,38-34-,39-35-,40-36-,48-44-,49-45-,50-46-,55-51-,60-56-,61-57-,62-58-,67-63-,72-68-,73-69-,74-70-/t89-,90+,91+/m0/s1. The molecule has 114 heavy (non-hydrogen) atoms. The van der Waals surface area contributed by atoms with E-state index >= 15 is 0 Å². The molecule has 0 radical (unpaired) electrons. The molecular formula is C95H148O17P2. The van der Waals surface area contributed by atoms with Crippen molar-refractivity contribution < 1.29 is 80.2 Å². The number of aliphatic hydroxyl groups excluding tert-OH is 1. The Labute approximate surface area is 689 Å². The Kier molecular flexibility index (Phi) is 79.0. The Morgan fingerprint density at radius 2 is 0.439 bits per heavy atom. The molecule has 0 bridgehead atoms. The van der Waals surface area contributed by atoms with Crippen LogP contribution in [0.5, 0.6) is 0 Å². The van der Waals surface area contributed by atoms with Gasteiger partial charge in [0.1, 0.15) is 19.3 Å². The van der Waals surface area contributed by atoms with E-state index in [0.717, 1.165) is 103 Å². The molecule has 0 amide bonds. The van der Waals surface area contributed by atoms with E-state index < -0.39 is 97.5 Å². The number of esters is 4. The van der Waals surface area contributed by atoms with Crippen molar-refractivity contribution in [3.8, 4) is 0 Å². The molecule has 0 aromatic rings. The third-order valence-corrected chi connectivity index (χ3v) is 18.5. The third kappa shape index (κ3) is 83.1. The van der Waals surface area contributed by atoms with Crippen LogP contribution >= 0.6 is 15.6 Å². The molecule has 0 aliphatic carbocycles. The number of hydrogen-bond donors (Lipinski definition) is 3. The highest BCUT2D eigenvalue weighted by Gasteiger charge is 2.30. The minimum absolute atomic E-state index is 0.00934. The highest BCUT2D eigenvalue weighted by Crippen LogP contribution is 2.45. The first-order valence-corrected chi connectivity index (χ1v) is 45.6. The number of rotatable bonds is 77. The topological polar surface area (TPSA) is 237 Å². The second-order valence-corrected chi connectivity index (χ2v) is 30.3. The van der Waals surface area contributed by atoms with E-state index in [1.54, 1.807) is 0 Å². The van der Waals surface area contributed by atoms with Crippen molar-refractivity contribution in [3.05, 3.63) is 231 Å². The van der Waals surface area contributed by atoms with Gasteiger partial charge in [-0.1, -0.05) is 310 Å². The molecule has 3 N–H and O–H groups in total. The molecule has 640 valence electrons. The van der Waals surface area contributed by atoms with Gasteiger partial charge in [0.05, 0.1) is 26.4 Å². The monoisotopic (exact) mass is 1620 g/mol. The molecular weight excluding hydrogens is 1470 g/mol. The molecule has 0 aromatic carbocycles. The summed E-state index contributed by atoms with van der Waals surface area (Å²) in [6.45, 7) is 4.41. The van der Waals surface area contributed by atoms with Gasteiger partial charge in [-0.05, 0) is 180 Å². The normalized spacial score (nSPS) is 14.9. The quantitative estimate of drug-likeness (QED) is 0.0169. The molecule has 0 saturated carbocycles. The maximum Gasteiger partial charge on any atom is 0.472 e. The predicted octanol–water partition coefficient (Wildman–Crippen LogP) is 25.8. The molecule has 0 spiro atoms. The largest absolute Gasteiger partial charge is 0.472 e. The molecule has 5 atom stereocenters. The van der Waals surface area contributed by atoms with Crippen molar-refractivity contribution in [1.82, 2.24) is 0 Å². The molecule has 0 heterocycles. The lowest BCUT2D eigenvalue weighted by Crippen LogP contribution is -2.30. The van der Waals surface area contributed by atoms with Crippen molar-refractivity contribution in [2.75, 3.05) is 39.6 Å². The van der Waals surface area contributed by atoms with Gasteiger partial charge in [-0.25, -0.2) is 9.13 Å². The van der Waals surface area contributed by atoms with Gasteiger partial charge in [0.15, 0.2) is 12.2 Å². The van der Waals surface area contributed by atoms with E-state index in [0.29, 0.717) is 51.4 Å². The number of hydrogen-bond acceptors (Lipinski definition) is 15. The van der Waals surface area contributed by atoms with E-state index in [2.05, 4.69) is 192 Å². The van der Waals surface area contributed by atoms with Gasteiger partial charge in [0, 0.05) is 25.7 Å². The fourth-order valence-electron chi connectivity index (χ4n) is 10.1. The van der Waals surface area contributed by atoms with Crippen molar-refractivity contribution in [2.24, 2.45) is 0 Å². The van der Waals surface area contributed by atoms with Crippen LogP contribution in [-0.4, -0.2) is 96.7 Å². The van der Waals surface area contributed by atoms with Gasteiger partial charge in [0.25, 0.3) is 0 Å². The Bertz CT molecular complexity index is 3070. The number of phosphoric ester groups is 2. The van der Waals surface area contributed by atoms with E-state index in [-0.39, 0.29) is 25.7 Å². The molecule has 0 aromatic heterocycles. The van der Waals surface area contributed by atoms with Gasteiger partial charge in [-0.3, -0.25) is 37.3 Å².